The number of thiocarbonyl (C=S) groups is 1. The van der Waals surface area contributed by atoms with Gasteiger partial charge in [-0.1, -0.05) is 42.5 Å². The monoisotopic (exact) mass is 343 g/mol. The summed E-state index contributed by atoms with van der Waals surface area (Å²) in [6.45, 7) is 0. The summed E-state index contributed by atoms with van der Waals surface area (Å²) in [5.74, 6) is -0.961. The van der Waals surface area contributed by atoms with Crippen molar-refractivity contribution in [2.75, 3.05) is 0 Å². The number of hydrogen-bond donors (Lipinski definition) is 4. The zero-order chi connectivity index (χ0) is 17.4. The normalized spacial score (nSPS) is 9.83. The molecule has 0 aliphatic heterocycles. The number of hydrazine groups is 1. The zero-order valence-electron chi connectivity index (χ0n) is 12.8. The maximum Gasteiger partial charge on any atom is 0.273 e. The van der Waals surface area contributed by atoms with Crippen LogP contribution in [0.25, 0.3) is 0 Å². The fourth-order valence-corrected chi connectivity index (χ4v) is 2.13. The highest BCUT2D eigenvalue weighted by molar-refractivity contribution is 7.80. The number of aromatic hydroxyl groups is 1. The lowest BCUT2D eigenvalue weighted by Crippen LogP contribution is -2.48. The Morgan fingerprint density at radius 1 is 0.958 bits per heavy atom. The molecule has 0 spiro atoms. The van der Waals surface area contributed by atoms with Gasteiger partial charge in [0.05, 0.1) is 5.56 Å². The molecule has 0 bridgehead atoms. The first-order chi connectivity index (χ1) is 11.6. The van der Waals surface area contributed by atoms with E-state index < -0.39 is 5.91 Å². The van der Waals surface area contributed by atoms with Crippen molar-refractivity contribution in [1.82, 2.24) is 16.2 Å². The molecule has 24 heavy (non-hydrogen) atoms. The number of para-hydroxylation sites is 1. The molecule has 0 saturated carbocycles. The van der Waals surface area contributed by atoms with E-state index in [1.165, 1.54) is 12.1 Å². The zero-order valence-corrected chi connectivity index (χ0v) is 13.6. The molecule has 0 aliphatic rings. The van der Waals surface area contributed by atoms with Gasteiger partial charge in [-0.3, -0.25) is 20.4 Å². The molecule has 0 radical (unpaired) electrons. The lowest BCUT2D eigenvalue weighted by Gasteiger charge is -2.11. The van der Waals surface area contributed by atoms with Crippen LogP contribution >= 0.6 is 12.2 Å². The van der Waals surface area contributed by atoms with E-state index in [-0.39, 0.29) is 28.8 Å². The molecule has 2 rings (SSSR count). The largest absolute Gasteiger partial charge is 0.507 e. The summed E-state index contributed by atoms with van der Waals surface area (Å²) in [6.07, 6.45) is 0.874. The van der Waals surface area contributed by atoms with Crippen molar-refractivity contribution in [3.63, 3.8) is 0 Å². The van der Waals surface area contributed by atoms with Crippen LogP contribution in [0.4, 0.5) is 0 Å². The third kappa shape index (κ3) is 5.36. The smallest absolute Gasteiger partial charge is 0.273 e. The van der Waals surface area contributed by atoms with Crippen LogP contribution in [-0.4, -0.2) is 22.0 Å². The minimum atomic E-state index is -0.561. The van der Waals surface area contributed by atoms with Crippen molar-refractivity contribution in [2.45, 2.75) is 12.8 Å². The van der Waals surface area contributed by atoms with Crippen molar-refractivity contribution in [3.8, 4) is 5.75 Å². The number of rotatable bonds is 4. The molecule has 0 unspecified atom stereocenters. The second-order valence-corrected chi connectivity index (χ2v) is 5.37. The number of aryl methyl sites for hydroxylation is 1. The number of nitrogens with one attached hydrogen (secondary N) is 3. The Morgan fingerprint density at radius 2 is 1.62 bits per heavy atom. The molecule has 0 aromatic heterocycles. The van der Waals surface area contributed by atoms with Crippen LogP contribution in [0.5, 0.6) is 5.75 Å². The fraction of sp³-hybridized carbons (Fsp3) is 0.118. The van der Waals surface area contributed by atoms with Gasteiger partial charge in [0.1, 0.15) is 5.75 Å². The Kier molecular flexibility index (Phi) is 6.27. The van der Waals surface area contributed by atoms with Crippen LogP contribution in [0.1, 0.15) is 22.3 Å². The highest BCUT2D eigenvalue weighted by Gasteiger charge is 2.11. The Morgan fingerprint density at radius 3 is 2.33 bits per heavy atom. The van der Waals surface area contributed by atoms with Gasteiger partial charge in [-0.2, -0.15) is 0 Å². The van der Waals surface area contributed by atoms with Gasteiger partial charge in [-0.05, 0) is 36.3 Å². The number of benzene rings is 2. The van der Waals surface area contributed by atoms with Gasteiger partial charge in [0.2, 0.25) is 5.91 Å². The highest BCUT2D eigenvalue weighted by atomic mass is 32.1. The van der Waals surface area contributed by atoms with E-state index in [0.29, 0.717) is 6.42 Å². The molecular formula is C17H17N3O3S. The first kappa shape index (κ1) is 17.4. The van der Waals surface area contributed by atoms with E-state index in [2.05, 4.69) is 16.2 Å². The fourth-order valence-electron chi connectivity index (χ4n) is 1.97. The molecule has 2 amide bonds. The average molecular weight is 343 g/mol. The van der Waals surface area contributed by atoms with Crippen molar-refractivity contribution >= 4 is 29.1 Å². The maximum atomic E-state index is 11.9. The Balaban J connectivity index is 1.74. The summed E-state index contributed by atoms with van der Waals surface area (Å²) in [5, 5.41) is 12.0. The van der Waals surface area contributed by atoms with E-state index in [4.69, 9.17) is 12.2 Å². The van der Waals surface area contributed by atoms with E-state index in [9.17, 15) is 14.7 Å². The Labute approximate surface area is 144 Å². The summed E-state index contributed by atoms with van der Waals surface area (Å²) >= 11 is 4.94. The van der Waals surface area contributed by atoms with Gasteiger partial charge in [0, 0.05) is 6.42 Å². The number of phenols is 1. The van der Waals surface area contributed by atoms with Crippen LogP contribution in [0.15, 0.2) is 54.6 Å². The minimum Gasteiger partial charge on any atom is -0.507 e. The van der Waals surface area contributed by atoms with Gasteiger partial charge < -0.3 is 10.4 Å². The predicted octanol–water partition coefficient (Wildman–Crippen LogP) is 1.66. The number of phenolic OH excluding ortho intramolecular Hbond substituents is 1. The molecule has 124 valence electrons. The Hall–Kier alpha value is -2.93. The van der Waals surface area contributed by atoms with E-state index in [1.54, 1.807) is 12.1 Å². The minimum absolute atomic E-state index is 0.0168. The standard InChI is InChI=1S/C17H17N3O3S/c21-14-9-5-4-8-13(14)16(23)19-20-17(24)18-15(22)11-10-12-6-2-1-3-7-12/h1-9,21H,10-11H2,(H,19,23)(H2,18,20,22,24). The second-order valence-electron chi connectivity index (χ2n) is 4.96. The molecule has 2 aromatic rings. The molecule has 6 nitrogen and oxygen atoms in total. The van der Waals surface area contributed by atoms with Gasteiger partial charge in [0.25, 0.3) is 5.91 Å². The maximum absolute atomic E-state index is 11.9. The summed E-state index contributed by atoms with van der Waals surface area (Å²) in [7, 11) is 0. The van der Waals surface area contributed by atoms with Crippen molar-refractivity contribution in [2.24, 2.45) is 0 Å². The second kappa shape index (κ2) is 8.64. The molecule has 2 aromatic carbocycles. The number of amides is 2. The van der Waals surface area contributed by atoms with Gasteiger partial charge in [0.15, 0.2) is 5.11 Å². The molecule has 0 saturated heterocycles. The van der Waals surface area contributed by atoms with Crippen molar-refractivity contribution < 1.29 is 14.7 Å². The number of carbonyl (C=O) groups is 2. The number of hydrogen-bond acceptors (Lipinski definition) is 4. The van der Waals surface area contributed by atoms with Crippen molar-refractivity contribution in [3.05, 3.63) is 65.7 Å². The first-order valence-electron chi connectivity index (χ1n) is 7.28. The van der Waals surface area contributed by atoms with Crippen LogP contribution in [-0.2, 0) is 11.2 Å². The summed E-state index contributed by atoms with van der Waals surface area (Å²) < 4.78 is 0. The van der Waals surface area contributed by atoms with Crippen LogP contribution in [0.2, 0.25) is 0 Å². The first-order valence-corrected chi connectivity index (χ1v) is 7.69. The molecule has 0 atom stereocenters. The van der Waals surface area contributed by atoms with E-state index in [1.807, 2.05) is 30.3 Å². The van der Waals surface area contributed by atoms with E-state index in [0.717, 1.165) is 5.56 Å². The topological polar surface area (TPSA) is 90.5 Å². The molecule has 7 heteroatoms. The van der Waals surface area contributed by atoms with E-state index >= 15 is 0 Å². The molecule has 0 heterocycles. The Bertz CT molecular complexity index is 735. The van der Waals surface area contributed by atoms with Crippen LogP contribution in [0, 0.1) is 0 Å². The van der Waals surface area contributed by atoms with Crippen molar-refractivity contribution in [1.29, 1.82) is 0 Å². The summed E-state index contributed by atoms with van der Waals surface area (Å²) in [5.41, 5.74) is 5.90. The number of carbonyl (C=O) groups excluding carboxylic acids is 2. The molecule has 0 aliphatic carbocycles. The van der Waals surface area contributed by atoms with Crippen LogP contribution < -0.4 is 16.2 Å². The molecular weight excluding hydrogens is 326 g/mol. The lowest BCUT2D eigenvalue weighted by molar-refractivity contribution is -0.119. The third-order valence-corrected chi connectivity index (χ3v) is 3.38. The van der Waals surface area contributed by atoms with Gasteiger partial charge >= 0.3 is 0 Å². The van der Waals surface area contributed by atoms with Gasteiger partial charge in [-0.25, -0.2) is 0 Å². The third-order valence-electron chi connectivity index (χ3n) is 3.17. The summed E-state index contributed by atoms with van der Waals surface area (Å²) in [4.78, 5) is 23.7. The molecule has 0 fully saturated rings. The molecule has 4 N–H and O–H groups in total. The summed E-state index contributed by atoms with van der Waals surface area (Å²) in [6, 6.07) is 15.7. The SMILES string of the molecule is O=C(CCc1ccccc1)NC(=S)NNC(=O)c1ccccc1O. The van der Waals surface area contributed by atoms with Crippen LogP contribution in [0.3, 0.4) is 0 Å². The quantitative estimate of drug-likeness (QED) is 0.501. The predicted molar refractivity (Wildman–Crippen MR) is 94.2 cm³/mol. The van der Waals surface area contributed by atoms with Gasteiger partial charge in [-0.15, -0.1) is 0 Å². The average Bonchev–Trinajstić information content (AvgIpc) is 2.59. The lowest BCUT2D eigenvalue weighted by atomic mass is 10.1. The highest BCUT2D eigenvalue weighted by Crippen LogP contribution is 2.14.